The molecule has 7 nitrogen and oxygen atoms in total. The smallest absolute Gasteiger partial charge is 0.306 e. The maximum absolute atomic E-state index is 12.7. The first-order valence-electron chi connectivity index (χ1n) is 11.2. The normalized spacial score (nSPS) is 12.4. The summed E-state index contributed by atoms with van der Waals surface area (Å²) in [6.45, 7) is 5.22. The van der Waals surface area contributed by atoms with Crippen molar-refractivity contribution in [3.63, 3.8) is 0 Å². The molecular weight excluding hydrogens is 454 g/mol. The zero-order chi connectivity index (χ0) is 24.1. The lowest BCUT2D eigenvalue weighted by molar-refractivity contribution is -0.142. The van der Waals surface area contributed by atoms with Gasteiger partial charge in [0.1, 0.15) is 13.2 Å². The van der Waals surface area contributed by atoms with Crippen molar-refractivity contribution in [2.75, 3.05) is 19.8 Å². The summed E-state index contributed by atoms with van der Waals surface area (Å²) in [5, 5.41) is 2.05. The minimum absolute atomic E-state index is 0.0100. The number of aromatic nitrogens is 1. The second-order valence-corrected chi connectivity index (χ2v) is 9.16. The van der Waals surface area contributed by atoms with E-state index in [1.807, 2.05) is 26.0 Å². The molecule has 0 saturated carbocycles. The molecule has 8 heteroatoms. The van der Waals surface area contributed by atoms with Gasteiger partial charge in [0.25, 0.3) is 0 Å². The van der Waals surface area contributed by atoms with Crippen molar-refractivity contribution in [3.05, 3.63) is 69.2 Å². The molecule has 1 aliphatic heterocycles. The number of aryl methyl sites for hydroxylation is 2. The summed E-state index contributed by atoms with van der Waals surface area (Å²) in [4.78, 5) is 38.6. The van der Waals surface area contributed by atoms with E-state index >= 15 is 0 Å². The van der Waals surface area contributed by atoms with Crippen molar-refractivity contribution in [1.82, 2.24) is 4.57 Å². The van der Waals surface area contributed by atoms with E-state index in [4.69, 9.17) is 14.2 Å². The lowest BCUT2D eigenvalue weighted by Crippen LogP contribution is -2.17. The van der Waals surface area contributed by atoms with Crippen LogP contribution in [0.15, 0.2) is 41.8 Å². The maximum atomic E-state index is 12.7. The summed E-state index contributed by atoms with van der Waals surface area (Å²) < 4.78 is 18.2. The molecule has 178 valence electrons. The topological polar surface area (TPSA) is 83.8 Å². The standard InChI is InChI=1S/C26H27NO6S/c1-17-14-21(18(2)27(17)10-9-20-4-3-13-34-20)23(29)16-33-26(30)8-6-22(28)19-5-7-24-25(15-19)32-12-11-31-24/h3-5,7,13-15H,6,8-12,16H2,1-2H3. The Labute approximate surface area is 202 Å². The largest absolute Gasteiger partial charge is 0.486 e. The summed E-state index contributed by atoms with van der Waals surface area (Å²) in [5.41, 5.74) is 2.87. The molecule has 0 N–H and O–H groups in total. The molecule has 0 radical (unpaired) electrons. The third-order valence-electron chi connectivity index (χ3n) is 5.82. The Morgan fingerprint density at radius 3 is 2.56 bits per heavy atom. The minimum atomic E-state index is -0.578. The van der Waals surface area contributed by atoms with Gasteiger partial charge in [-0.15, -0.1) is 11.3 Å². The number of ketones is 2. The second-order valence-electron chi connectivity index (χ2n) is 8.13. The Morgan fingerprint density at radius 2 is 1.79 bits per heavy atom. The van der Waals surface area contributed by atoms with Crippen molar-refractivity contribution in [1.29, 1.82) is 0 Å². The summed E-state index contributed by atoms with van der Waals surface area (Å²) in [6.07, 6.45) is 0.790. The van der Waals surface area contributed by atoms with Gasteiger partial charge in [-0.1, -0.05) is 6.07 Å². The van der Waals surface area contributed by atoms with Crippen molar-refractivity contribution in [3.8, 4) is 11.5 Å². The van der Waals surface area contributed by atoms with Gasteiger partial charge in [-0.05, 0) is 56.0 Å². The van der Waals surface area contributed by atoms with Gasteiger partial charge in [0.15, 0.2) is 23.9 Å². The predicted molar refractivity (Wildman–Crippen MR) is 128 cm³/mol. The summed E-state index contributed by atoms with van der Waals surface area (Å²) in [6, 6.07) is 10.9. The molecule has 2 aromatic heterocycles. The number of rotatable bonds is 10. The van der Waals surface area contributed by atoms with Crippen LogP contribution in [0, 0.1) is 13.8 Å². The SMILES string of the molecule is Cc1cc(C(=O)COC(=O)CCC(=O)c2ccc3c(c2)OCCO3)c(C)n1CCc1cccs1. The third kappa shape index (κ3) is 5.56. The van der Waals surface area contributed by atoms with Crippen LogP contribution in [0.25, 0.3) is 0 Å². The number of thiophene rings is 1. The highest BCUT2D eigenvalue weighted by molar-refractivity contribution is 7.09. The Morgan fingerprint density at radius 1 is 1.00 bits per heavy atom. The number of ether oxygens (including phenoxy) is 3. The number of esters is 1. The van der Waals surface area contributed by atoms with Crippen LogP contribution in [0.3, 0.4) is 0 Å². The number of hydrogen-bond donors (Lipinski definition) is 0. The molecule has 1 aliphatic rings. The van der Waals surface area contributed by atoms with Gasteiger partial charge in [0.2, 0.25) is 5.78 Å². The quantitative estimate of drug-likeness (QED) is 0.312. The van der Waals surface area contributed by atoms with Crippen LogP contribution in [-0.2, 0) is 22.5 Å². The van der Waals surface area contributed by atoms with E-state index in [0.717, 1.165) is 24.4 Å². The van der Waals surface area contributed by atoms with E-state index in [2.05, 4.69) is 16.0 Å². The highest BCUT2D eigenvalue weighted by Crippen LogP contribution is 2.31. The van der Waals surface area contributed by atoms with Gasteiger partial charge < -0.3 is 18.8 Å². The number of benzene rings is 1. The highest BCUT2D eigenvalue weighted by Gasteiger charge is 2.19. The molecule has 0 fully saturated rings. The van der Waals surface area contributed by atoms with Gasteiger partial charge in [-0.25, -0.2) is 0 Å². The van der Waals surface area contributed by atoms with E-state index < -0.39 is 5.97 Å². The van der Waals surface area contributed by atoms with Gasteiger partial charge in [-0.3, -0.25) is 14.4 Å². The van der Waals surface area contributed by atoms with Crippen molar-refractivity contribution < 1.29 is 28.6 Å². The maximum Gasteiger partial charge on any atom is 0.306 e. The van der Waals surface area contributed by atoms with E-state index in [-0.39, 0.29) is 31.0 Å². The number of nitrogens with zero attached hydrogens (tertiary/aromatic N) is 1. The molecule has 3 heterocycles. The Balaban J connectivity index is 1.26. The molecule has 3 aromatic rings. The highest BCUT2D eigenvalue weighted by atomic mass is 32.1. The Kier molecular flexibility index (Phi) is 7.47. The molecule has 0 amide bonds. The predicted octanol–water partition coefficient (Wildman–Crippen LogP) is 4.57. The number of hydrogen-bond acceptors (Lipinski definition) is 7. The van der Waals surface area contributed by atoms with Crippen LogP contribution in [0.5, 0.6) is 11.5 Å². The molecule has 1 aromatic carbocycles. The fourth-order valence-corrected chi connectivity index (χ4v) is 4.68. The van der Waals surface area contributed by atoms with Gasteiger partial charge >= 0.3 is 5.97 Å². The molecule has 0 atom stereocenters. The van der Waals surface area contributed by atoms with Crippen molar-refractivity contribution >= 4 is 28.9 Å². The number of carbonyl (C=O) groups excluding carboxylic acids is 3. The molecular formula is C26H27NO6S. The summed E-state index contributed by atoms with van der Waals surface area (Å²) in [5.74, 6) is 0.104. The summed E-state index contributed by atoms with van der Waals surface area (Å²) in [7, 11) is 0. The van der Waals surface area contributed by atoms with E-state index in [1.165, 1.54) is 4.88 Å². The van der Waals surface area contributed by atoms with E-state index in [9.17, 15) is 14.4 Å². The molecule has 4 rings (SSSR count). The molecule has 0 aliphatic carbocycles. The number of fused-ring (bicyclic) bond motifs is 1. The Hall–Kier alpha value is -3.39. The monoisotopic (exact) mass is 481 g/mol. The van der Waals surface area contributed by atoms with E-state index in [1.54, 1.807) is 29.5 Å². The minimum Gasteiger partial charge on any atom is -0.486 e. The zero-order valence-electron chi connectivity index (χ0n) is 19.3. The first kappa shape index (κ1) is 23.8. The third-order valence-corrected chi connectivity index (χ3v) is 6.76. The van der Waals surface area contributed by atoms with Crippen LogP contribution < -0.4 is 9.47 Å². The first-order chi connectivity index (χ1) is 16.4. The van der Waals surface area contributed by atoms with Gasteiger partial charge in [0, 0.05) is 40.4 Å². The lowest BCUT2D eigenvalue weighted by Gasteiger charge is -2.18. The van der Waals surface area contributed by atoms with Crippen molar-refractivity contribution in [2.45, 2.75) is 39.7 Å². The summed E-state index contributed by atoms with van der Waals surface area (Å²) >= 11 is 1.72. The first-order valence-corrected chi connectivity index (χ1v) is 12.1. The Bertz CT molecular complexity index is 1190. The molecule has 0 saturated heterocycles. The molecule has 0 unspecified atom stereocenters. The van der Waals surface area contributed by atoms with Gasteiger partial charge in [-0.2, -0.15) is 0 Å². The average molecular weight is 482 g/mol. The van der Waals surface area contributed by atoms with Crippen LogP contribution in [0.4, 0.5) is 0 Å². The van der Waals surface area contributed by atoms with E-state index in [0.29, 0.717) is 35.8 Å². The van der Waals surface area contributed by atoms with Crippen LogP contribution >= 0.6 is 11.3 Å². The average Bonchev–Trinajstić information content (AvgIpc) is 3.47. The van der Waals surface area contributed by atoms with Crippen molar-refractivity contribution in [2.24, 2.45) is 0 Å². The van der Waals surface area contributed by atoms with Crippen LogP contribution in [0.2, 0.25) is 0 Å². The number of carbonyl (C=O) groups is 3. The van der Waals surface area contributed by atoms with Gasteiger partial charge in [0.05, 0.1) is 6.42 Å². The fourth-order valence-electron chi connectivity index (χ4n) is 3.98. The lowest BCUT2D eigenvalue weighted by atomic mass is 10.1. The second kappa shape index (κ2) is 10.7. The van der Waals surface area contributed by atoms with Crippen LogP contribution in [-0.4, -0.2) is 41.9 Å². The zero-order valence-corrected chi connectivity index (χ0v) is 20.1. The molecule has 34 heavy (non-hydrogen) atoms. The number of Topliss-reactive ketones (excluding diaryl/α,β-unsaturated/α-hetero) is 2. The fraction of sp³-hybridized carbons (Fsp3) is 0.346. The van der Waals surface area contributed by atoms with Crippen LogP contribution in [0.1, 0.15) is 49.8 Å². The molecule has 0 spiro atoms. The molecule has 0 bridgehead atoms.